The minimum Gasteiger partial charge on any atom is -0.504 e. The summed E-state index contributed by atoms with van der Waals surface area (Å²) in [5.74, 6) is -4.60. The van der Waals surface area contributed by atoms with Crippen LogP contribution in [0.5, 0.6) is 11.5 Å². The van der Waals surface area contributed by atoms with E-state index in [-0.39, 0.29) is 36.3 Å². The molecule has 3 fully saturated rings. The Balaban J connectivity index is 1.53. The Labute approximate surface area is 259 Å². The van der Waals surface area contributed by atoms with Crippen molar-refractivity contribution in [3.63, 3.8) is 0 Å². The van der Waals surface area contributed by atoms with Crippen LogP contribution in [0.4, 0.5) is 5.69 Å². The van der Waals surface area contributed by atoms with E-state index in [0.29, 0.717) is 28.3 Å². The Morgan fingerprint density at radius 2 is 1.68 bits per heavy atom. The van der Waals surface area contributed by atoms with E-state index in [9.17, 15) is 19.5 Å². The van der Waals surface area contributed by atoms with E-state index in [4.69, 9.17) is 16.3 Å². The second-order valence-corrected chi connectivity index (χ2v) is 12.3. The van der Waals surface area contributed by atoms with Crippen molar-refractivity contribution in [2.75, 3.05) is 18.6 Å². The molecule has 2 aliphatic heterocycles. The van der Waals surface area contributed by atoms with Crippen LogP contribution in [0.1, 0.15) is 36.8 Å². The lowest BCUT2D eigenvalue weighted by atomic mass is 9.49. The van der Waals surface area contributed by atoms with Gasteiger partial charge in [-0.15, -0.1) is 0 Å². The molecular weight excluding hydrogens is 580 g/mol. The van der Waals surface area contributed by atoms with Gasteiger partial charge in [0.05, 0.1) is 36.0 Å². The van der Waals surface area contributed by atoms with E-state index in [2.05, 4.69) is 0 Å². The summed E-state index contributed by atoms with van der Waals surface area (Å²) in [6.07, 6.45) is 2.50. The number of hydrogen-bond donors (Lipinski definition) is 1. The number of carbonyl (C=O) groups is 4. The first-order valence-electron chi connectivity index (χ1n) is 14.9. The molecule has 44 heavy (non-hydrogen) atoms. The number of aromatic hydroxyl groups is 1. The monoisotopic (exact) mass is 610 g/mol. The van der Waals surface area contributed by atoms with Crippen molar-refractivity contribution in [2.24, 2.45) is 23.7 Å². The molecule has 0 bridgehead atoms. The molecule has 1 saturated carbocycles. The molecule has 224 valence electrons. The van der Waals surface area contributed by atoms with E-state index < -0.39 is 46.8 Å². The van der Waals surface area contributed by atoms with Crippen molar-refractivity contribution in [3.05, 3.63) is 101 Å². The van der Waals surface area contributed by atoms with Crippen molar-refractivity contribution in [1.82, 2.24) is 4.90 Å². The molecule has 2 heterocycles. The van der Waals surface area contributed by atoms with Crippen LogP contribution in [-0.2, 0) is 24.6 Å². The average molecular weight is 611 g/mol. The van der Waals surface area contributed by atoms with Crippen LogP contribution in [-0.4, -0.2) is 47.3 Å². The summed E-state index contributed by atoms with van der Waals surface area (Å²) < 4.78 is 5.49. The Kier molecular flexibility index (Phi) is 6.66. The number of fused-ring (bicyclic) bond motifs is 4. The lowest BCUT2D eigenvalue weighted by Gasteiger charge is -2.50. The van der Waals surface area contributed by atoms with Gasteiger partial charge < -0.3 is 9.84 Å². The number of imide groups is 2. The number of carbonyl (C=O) groups excluding carboxylic acids is 4. The predicted molar refractivity (Wildman–Crippen MR) is 163 cm³/mol. The van der Waals surface area contributed by atoms with Crippen LogP contribution in [0, 0.1) is 23.7 Å². The smallest absolute Gasteiger partial charge is 0.246 e. The van der Waals surface area contributed by atoms with E-state index in [0.717, 1.165) is 5.57 Å². The largest absolute Gasteiger partial charge is 0.504 e. The summed E-state index contributed by atoms with van der Waals surface area (Å²) in [5.41, 5.74) is 0.722. The molecule has 2 saturated heterocycles. The fraction of sp³-hybridized carbons (Fsp3) is 0.314. The minimum atomic E-state index is -1.46. The third kappa shape index (κ3) is 3.70. The first-order chi connectivity index (χ1) is 21.2. The van der Waals surface area contributed by atoms with E-state index in [1.165, 1.54) is 16.9 Å². The van der Waals surface area contributed by atoms with Gasteiger partial charge in [-0.05, 0) is 55.5 Å². The molecular formula is C35H31ClN2O6. The number of anilines is 1. The lowest BCUT2D eigenvalue weighted by molar-refractivity contribution is -0.140. The van der Waals surface area contributed by atoms with Crippen LogP contribution in [0.15, 0.2) is 84.4 Å². The number of nitrogens with zero attached hydrogens (tertiary/aromatic N) is 2. The predicted octanol–water partition coefficient (Wildman–Crippen LogP) is 5.24. The Morgan fingerprint density at radius 3 is 2.39 bits per heavy atom. The van der Waals surface area contributed by atoms with Gasteiger partial charge in [-0.3, -0.25) is 24.1 Å². The lowest BCUT2D eigenvalue weighted by Crippen LogP contribution is -2.53. The third-order valence-corrected chi connectivity index (χ3v) is 10.4. The molecule has 0 radical (unpaired) electrons. The number of amides is 4. The zero-order valence-electron chi connectivity index (χ0n) is 24.3. The highest BCUT2D eigenvalue weighted by Crippen LogP contribution is 2.65. The van der Waals surface area contributed by atoms with Crippen LogP contribution in [0.2, 0.25) is 5.02 Å². The third-order valence-electron chi connectivity index (χ3n) is 10.1. The molecule has 3 aromatic carbocycles. The minimum absolute atomic E-state index is 0.136. The summed E-state index contributed by atoms with van der Waals surface area (Å²) in [7, 11) is 1.45. The van der Waals surface area contributed by atoms with Crippen molar-refractivity contribution < 1.29 is 29.0 Å². The number of phenols is 1. The molecule has 4 aliphatic rings. The Hall–Kier alpha value is -4.43. The van der Waals surface area contributed by atoms with Crippen molar-refractivity contribution in [3.8, 4) is 11.5 Å². The van der Waals surface area contributed by atoms with Gasteiger partial charge in [0.25, 0.3) is 0 Å². The number of hydrogen-bond acceptors (Lipinski definition) is 6. The highest BCUT2D eigenvalue weighted by atomic mass is 35.5. The van der Waals surface area contributed by atoms with Gasteiger partial charge in [0.1, 0.15) is 0 Å². The molecule has 8 nitrogen and oxygen atoms in total. The number of phenolic OH excluding ortho intramolecular Hbond substituents is 1. The maximum absolute atomic E-state index is 15.1. The van der Waals surface area contributed by atoms with Crippen LogP contribution >= 0.6 is 11.6 Å². The maximum Gasteiger partial charge on any atom is 0.246 e. The summed E-state index contributed by atoms with van der Waals surface area (Å²) in [4.78, 5) is 59.4. The van der Waals surface area contributed by atoms with E-state index in [1.807, 2.05) is 36.4 Å². The highest BCUT2D eigenvalue weighted by Gasteiger charge is 2.70. The molecule has 6 atom stereocenters. The number of allylic oxidation sites excluding steroid dienone is 2. The molecule has 0 aromatic heterocycles. The number of methoxy groups -OCH3 is 1. The van der Waals surface area contributed by atoms with Crippen LogP contribution < -0.4 is 9.64 Å². The van der Waals surface area contributed by atoms with Gasteiger partial charge >= 0.3 is 0 Å². The highest BCUT2D eigenvalue weighted by molar-refractivity contribution is 6.32. The molecule has 0 spiro atoms. The Bertz CT molecular complexity index is 1750. The molecule has 1 N–H and O–H groups in total. The van der Waals surface area contributed by atoms with E-state index >= 15 is 4.79 Å². The molecule has 6 unspecified atom stereocenters. The molecule has 9 heteroatoms. The zero-order valence-corrected chi connectivity index (χ0v) is 25.0. The zero-order chi connectivity index (χ0) is 30.9. The molecule has 7 rings (SSSR count). The normalized spacial score (nSPS) is 29.3. The fourth-order valence-corrected chi connectivity index (χ4v) is 8.59. The van der Waals surface area contributed by atoms with Crippen molar-refractivity contribution in [2.45, 2.75) is 31.1 Å². The van der Waals surface area contributed by atoms with Gasteiger partial charge in [0.2, 0.25) is 23.6 Å². The summed E-state index contributed by atoms with van der Waals surface area (Å²) in [5, 5.41) is 12.0. The summed E-state index contributed by atoms with van der Waals surface area (Å²) in [6.45, 7) is 2.05. The van der Waals surface area contributed by atoms with Gasteiger partial charge in [0, 0.05) is 23.0 Å². The number of ether oxygens (including phenoxy) is 1. The van der Waals surface area contributed by atoms with Gasteiger partial charge in [0.15, 0.2) is 11.5 Å². The number of para-hydroxylation sites is 1. The number of halogens is 1. The molecule has 3 aromatic rings. The molecule has 2 aliphatic carbocycles. The average Bonchev–Trinajstić information content (AvgIpc) is 3.42. The quantitative estimate of drug-likeness (QED) is 0.313. The van der Waals surface area contributed by atoms with Crippen LogP contribution in [0.3, 0.4) is 0 Å². The fourth-order valence-electron chi connectivity index (χ4n) is 8.40. The summed E-state index contributed by atoms with van der Waals surface area (Å²) >= 11 is 6.34. The van der Waals surface area contributed by atoms with Gasteiger partial charge in [-0.25, -0.2) is 4.90 Å². The standard InChI is InChI=1S/C35H31ClN2O6/c1-3-37-31(40)23-16-15-22-25(28(23)33(37)42)18-26-32(41)38(21-12-7-11-20(36)17-21)34(43)35(26,19-9-5-4-6-10-19)29(22)24-13-8-14-27(44-2)30(24)39/h4-15,17,23,25-26,28-29,39H,3,16,18H2,1-2H3. The van der Waals surface area contributed by atoms with Crippen molar-refractivity contribution in [1.29, 1.82) is 0 Å². The first-order valence-corrected chi connectivity index (χ1v) is 15.2. The van der Waals surface area contributed by atoms with Crippen LogP contribution in [0.25, 0.3) is 0 Å². The van der Waals surface area contributed by atoms with Gasteiger partial charge in [-0.2, -0.15) is 0 Å². The van der Waals surface area contributed by atoms with Crippen molar-refractivity contribution >= 4 is 40.9 Å². The summed E-state index contributed by atoms with van der Waals surface area (Å²) in [6, 6.07) is 21.0. The molecule has 4 amide bonds. The maximum atomic E-state index is 15.1. The second-order valence-electron chi connectivity index (χ2n) is 11.9. The topological polar surface area (TPSA) is 104 Å². The van der Waals surface area contributed by atoms with E-state index in [1.54, 1.807) is 49.4 Å². The number of likely N-dealkylation sites (tertiary alicyclic amines) is 1. The first kappa shape index (κ1) is 28.3. The second kappa shape index (κ2) is 10.3. The Morgan fingerprint density at radius 1 is 0.932 bits per heavy atom. The number of rotatable bonds is 5. The number of benzene rings is 3. The SMILES string of the molecule is CCN1C(=O)C2CC=C3C(CC4C(=O)N(c5cccc(Cl)c5)C(=O)C4(c4ccccc4)C3c3cccc(OC)c3O)C2C1=O. The van der Waals surface area contributed by atoms with Gasteiger partial charge in [-0.1, -0.05) is 71.8 Å².